The summed E-state index contributed by atoms with van der Waals surface area (Å²) in [6, 6.07) is 11.9. The molecule has 0 aliphatic rings. The lowest BCUT2D eigenvalue weighted by molar-refractivity contribution is 0.0768. The summed E-state index contributed by atoms with van der Waals surface area (Å²) < 4.78 is 39.3. The Morgan fingerprint density at radius 2 is 1.81 bits per heavy atom. The zero-order valence-corrected chi connectivity index (χ0v) is 17.5. The first-order chi connectivity index (χ1) is 15.4. The van der Waals surface area contributed by atoms with E-state index in [1.165, 1.54) is 37.5 Å². The second kappa shape index (κ2) is 10.3. The Bertz CT molecular complexity index is 1110. The van der Waals surface area contributed by atoms with Crippen LogP contribution in [0.5, 0.6) is 11.5 Å². The van der Waals surface area contributed by atoms with Gasteiger partial charge in [-0.2, -0.15) is 0 Å². The third-order valence-electron chi connectivity index (χ3n) is 4.57. The van der Waals surface area contributed by atoms with Gasteiger partial charge in [-0.15, -0.1) is 0 Å². The van der Waals surface area contributed by atoms with Crippen LogP contribution in [0.2, 0.25) is 0 Å². The second-order valence-electron chi connectivity index (χ2n) is 6.73. The Morgan fingerprint density at radius 1 is 1.06 bits per heavy atom. The first-order valence-corrected chi connectivity index (χ1v) is 9.62. The highest BCUT2D eigenvalue weighted by atomic mass is 19.1. The third kappa shape index (κ3) is 5.37. The lowest BCUT2D eigenvalue weighted by atomic mass is 10.1. The third-order valence-corrected chi connectivity index (χ3v) is 4.57. The number of methoxy groups -OCH3 is 1. The van der Waals surface area contributed by atoms with Gasteiger partial charge in [-0.3, -0.25) is 14.6 Å². The second-order valence-corrected chi connectivity index (χ2v) is 6.73. The molecular weight excluding hydrogens is 420 g/mol. The highest BCUT2D eigenvalue weighted by Gasteiger charge is 2.21. The van der Waals surface area contributed by atoms with Gasteiger partial charge < -0.3 is 19.7 Å². The monoisotopic (exact) mass is 441 g/mol. The maximum atomic E-state index is 14.3. The van der Waals surface area contributed by atoms with Gasteiger partial charge in [0.2, 0.25) is 0 Å². The number of amides is 2. The molecule has 0 saturated heterocycles. The summed E-state index contributed by atoms with van der Waals surface area (Å²) in [5.41, 5.74) is -0.618. The number of carbonyl (C=O) groups excluding carboxylic acids is 2. The van der Waals surface area contributed by atoms with Crippen LogP contribution >= 0.6 is 0 Å². The SMILES string of the molecule is COc1cnccc1C(=O)Nc1cc(C(=O)N(C)CCOc2ccccc2)c(F)cc1F. The van der Waals surface area contributed by atoms with Crippen LogP contribution in [0.3, 0.4) is 0 Å². The van der Waals surface area contributed by atoms with E-state index in [9.17, 15) is 18.4 Å². The fraction of sp³-hybridized carbons (Fsp3) is 0.174. The zero-order chi connectivity index (χ0) is 23.1. The number of likely N-dealkylation sites (N-methyl/N-ethyl adjacent to an activating group) is 1. The van der Waals surface area contributed by atoms with Gasteiger partial charge in [0.25, 0.3) is 11.8 Å². The summed E-state index contributed by atoms with van der Waals surface area (Å²) in [5, 5.41) is 2.34. The van der Waals surface area contributed by atoms with Crippen molar-refractivity contribution in [3.05, 3.63) is 83.7 Å². The number of halogens is 2. The van der Waals surface area contributed by atoms with E-state index in [0.717, 1.165) is 6.07 Å². The van der Waals surface area contributed by atoms with Crippen molar-refractivity contribution in [3.8, 4) is 11.5 Å². The number of carbonyl (C=O) groups is 2. The van der Waals surface area contributed by atoms with Gasteiger partial charge in [0, 0.05) is 19.3 Å². The number of hydrogen-bond donors (Lipinski definition) is 1. The van der Waals surface area contributed by atoms with Crippen molar-refractivity contribution >= 4 is 17.5 Å². The van der Waals surface area contributed by atoms with Crippen molar-refractivity contribution in [2.45, 2.75) is 0 Å². The number of benzene rings is 2. The van der Waals surface area contributed by atoms with Crippen LogP contribution in [0.15, 0.2) is 60.9 Å². The van der Waals surface area contributed by atoms with Crippen LogP contribution < -0.4 is 14.8 Å². The molecular formula is C23H21F2N3O4. The fourth-order valence-electron chi connectivity index (χ4n) is 2.85. The van der Waals surface area contributed by atoms with Crippen LogP contribution in [0.1, 0.15) is 20.7 Å². The van der Waals surface area contributed by atoms with E-state index in [0.29, 0.717) is 11.8 Å². The number of para-hydroxylation sites is 1. The van der Waals surface area contributed by atoms with Crippen LogP contribution in [-0.2, 0) is 0 Å². The molecule has 1 heterocycles. The number of aromatic nitrogens is 1. The van der Waals surface area contributed by atoms with Gasteiger partial charge >= 0.3 is 0 Å². The van der Waals surface area contributed by atoms with E-state index < -0.39 is 23.4 Å². The molecule has 0 bridgehead atoms. The van der Waals surface area contributed by atoms with Gasteiger partial charge in [-0.25, -0.2) is 8.78 Å². The fourth-order valence-corrected chi connectivity index (χ4v) is 2.85. The summed E-state index contributed by atoms with van der Waals surface area (Å²) in [5.74, 6) is -2.62. The first-order valence-electron chi connectivity index (χ1n) is 9.62. The molecule has 1 aromatic heterocycles. The average Bonchev–Trinajstić information content (AvgIpc) is 2.80. The van der Waals surface area contributed by atoms with E-state index in [-0.39, 0.29) is 35.7 Å². The quantitative estimate of drug-likeness (QED) is 0.576. The lowest BCUT2D eigenvalue weighted by Gasteiger charge is -2.19. The van der Waals surface area contributed by atoms with E-state index in [1.807, 2.05) is 18.2 Å². The molecule has 3 rings (SSSR count). The van der Waals surface area contributed by atoms with E-state index >= 15 is 0 Å². The summed E-state index contributed by atoms with van der Waals surface area (Å²) in [4.78, 5) is 30.3. The van der Waals surface area contributed by atoms with Crippen LogP contribution in [-0.4, -0.2) is 49.0 Å². The minimum atomic E-state index is -1.04. The van der Waals surface area contributed by atoms with Crippen LogP contribution in [0, 0.1) is 11.6 Å². The van der Waals surface area contributed by atoms with Crippen molar-refractivity contribution in [2.75, 3.05) is 32.6 Å². The molecule has 0 aliphatic heterocycles. The molecule has 1 N–H and O–H groups in total. The molecule has 3 aromatic rings. The maximum Gasteiger partial charge on any atom is 0.259 e. The molecule has 0 atom stereocenters. The summed E-state index contributed by atoms with van der Waals surface area (Å²) >= 11 is 0. The first kappa shape index (κ1) is 22.7. The number of ether oxygens (including phenoxy) is 2. The predicted octanol–water partition coefficient (Wildman–Crippen LogP) is 3.77. The van der Waals surface area contributed by atoms with Crippen LogP contribution in [0.4, 0.5) is 14.5 Å². The van der Waals surface area contributed by atoms with Gasteiger partial charge in [0.05, 0.1) is 36.7 Å². The summed E-state index contributed by atoms with van der Waals surface area (Å²) in [7, 11) is 2.83. The van der Waals surface area contributed by atoms with Gasteiger partial charge in [-0.1, -0.05) is 18.2 Å². The van der Waals surface area contributed by atoms with Gasteiger partial charge in [0.15, 0.2) is 0 Å². The molecule has 0 unspecified atom stereocenters. The normalized spacial score (nSPS) is 10.4. The molecule has 2 aromatic carbocycles. The smallest absolute Gasteiger partial charge is 0.259 e. The van der Waals surface area contributed by atoms with Crippen LogP contribution in [0.25, 0.3) is 0 Å². The number of nitrogens with one attached hydrogen (secondary N) is 1. The standard InChI is InChI=1S/C23H21F2N3O4/c1-28(10-11-32-15-6-4-3-5-7-15)23(30)17-12-20(19(25)13-18(17)24)27-22(29)16-8-9-26-14-21(16)31-2/h3-9,12-14H,10-11H2,1-2H3,(H,27,29). The Kier molecular flexibility index (Phi) is 7.33. The molecule has 166 valence electrons. The molecule has 32 heavy (non-hydrogen) atoms. The van der Waals surface area contributed by atoms with Crippen molar-refractivity contribution in [1.29, 1.82) is 0 Å². The Labute approximate surface area is 183 Å². The molecule has 7 nitrogen and oxygen atoms in total. The number of pyridine rings is 1. The zero-order valence-electron chi connectivity index (χ0n) is 17.5. The van der Waals surface area contributed by atoms with Gasteiger partial charge in [-0.05, 0) is 24.3 Å². The molecule has 0 fully saturated rings. The summed E-state index contributed by atoms with van der Waals surface area (Å²) in [6.45, 7) is 0.348. The van der Waals surface area contributed by atoms with Crippen molar-refractivity contribution in [3.63, 3.8) is 0 Å². The predicted molar refractivity (Wildman–Crippen MR) is 114 cm³/mol. The molecule has 0 radical (unpaired) electrons. The number of rotatable bonds is 8. The summed E-state index contributed by atoms with van der Waals surface area (Å²) in [6.07, 6.45) is 2.71. The molecule has 0 aliphatic carbocycles. The minimum absolute atomic E-state index is 0.106. The van der Waals surface area contributed by atoms with Crippen molar-refractivity contribution in [2.24, 2.45) is 0 Å². The molecule has 0 spiro atoms. The number of anilines is 1. The Hall–Kier alpha value is -4.01. The number of nitrogens with zero attached hydrogens (tertiary/aromatic N) is 2. The van der Waals surface area contributed by atoms with Gasteiger partial charge in [0.1, 0.15) is 29.7 Å². The molecule has 2 amide bonds. The highest BCUT2D eigenvalue weighted by molar-refractivity contribution is 6.06. The highest BCUT2D eigenvalue weighted by Crippen LogP contribution is 2.23. The number of hydrogen-bond acceptors (Lipinski definition) is 5. The van der Waals surface area contributed by atoms with E-state index in [2.05, 4.69) is 10.3 Å². The molecule has 0 saturated carbocycles. The largest absolute Gasteiger partial charge is 0.494 e. The molecule has 9 heteroatoms. The lowest BCUT2D eigenvalue weighted by Crippen LogP contribution is -2.31. The topological polar surface area (TPSA) is 80.8 Å². The Morgan fingerprint density at radius 3 is 2.53 bits per heavy atom. The maximum absolute atomic E-state index is 14.3. The van der Waals surface area contributed by atoms with E-state index in [1.54, 1.807) is 12.1 Å². The van der Waals surface area contributed by atoms with Crippen molar-refractivity contribution < 1.29 is 27.8 Å². The van der Waals surface area contributed by atoms with Crippen molar-refractivity contribution in [1.82, 2.24) is 9.88 Å². The Balaban J connectivity index is 1.72. The minimum Gasteiger partial charge on any atom is -0.494 e. The average molecular weight is 441 g/mol. The van der Waals surface area contributed by atoms with E-state index in [4.69, 9.17) is 9.47 Å².